The average Bonchev–Trinajstić information content (AvgIpc) is 2.44. The van der Waals surface area contributed by atoms with E-state index in [0.29, 0.717) is 22.7 Å². The molecular weight excluding hydrogens is 298 g/mol. The first-order valence-electron chi connectivity index (χ1n) is 5.31. The highest BCUT2D eigenvalue weighted by Gasteiger charge is 2.12. The molecule has 0 bridgehead atoms. The van der Waals surface area contributed by atoms with Gasteiger partial charge in [-0.3, -0.25) is 4.79 Å². The highest BCUT2D eigenvalue weighted by atomic mass is 79.9. The molecule has 0 atom stereocenters. The zero-order valence-electron chi connectivity index (χ0n) is 10.1. The Labute approximate surface area is 113 Å². The third kappa shape index (κ3) is 2.31. The molecule has 2 aromatic rings. The molecule has 1 aromatic heterocycles. The lowest BCUT2D eigenvalue weighted by atomic mass is 10.1. The summed E-state index contributed by atoms with van der Waals surface area (Å²) < 4.78 is 10.4. The second kappa shape index (κ2) is 5.35. The molecule has 0 fully saturated rings. The molecule has 0 aliphatic carbocycles. The van der Waals surface area contributed by atoms with Crippen molar-refractivity contribution in [2.75, 3.05) is 19.5 Å². The number of nitrogens with zero attached hydrogens (tertiary/aromatic N) is 1. The van der Waals surface area contributed by atoms with E-state index in [1.165, 1.54) is 0 Å². The molecule has 1 heterocycles. The molecule has 0 saturated carbocycles. The van der Waals surface area contributed by atoms with Crippen LogP contribution in [0.3, 0.4) is 0 Å². The maximum Gasteiger partial charge on any atom is 0.191 e. The first-order chi connectivity index (χ1) is 8.69. The van der Waals surface area contributed by atoms with Crippen molar-refractivity contribution in [3.63, 3.8) is 0 Å². The number of methoxy groups -OCH3 is 2. The van der Waals surface area contributed by atoms with Gasteiger partial charge in [0.25, 0.3) is 0 Å². The maximum absolute atomic E-state index is 11.7. The van der Waals surface area contributed by atoms with E-state index in [1.807, 2.05) is 12.1 Å². The van der Waals surface area contributed by atoms with Crippen molar-refractivity contribution in [2.24, 2.45) is 0 Å². The van der Waals surface area contributed by atoms with E-state index in [1.54, 1.807) is 26.4 Å². The van der Waals surface area contributed by atoms with Crippen molar-refractivity contribution in [1.29, 1.82) is 0 Å². The normalized spacial score (nSPS) is 10.4. The lowest BCUT2D eigenvalue weighted by Crippen LogP contribution is -2.04. The van der Waals surface area contributed by atoms with Crippen LogP contribution in [0.2, 0.25) is 0 Å². The number of halogens is 1. The number of carbonyl (C=O) groups excluding carboxylic acids is 1. The monoisotopic (exact) mass is 309 g/mol. The van der Waals surface area contributed by atoms with Crippen LogP contribution in [-0.2, 0) is 0 Å². The van der Waals surface area contributed by atoms with Crippen molar-refractivity contribution in [2.45, 2.75) is 0 Å². The van der Waals surface area contributed by atoms with Gasteiger partial charge in [0.15, 0.2) is 5.78 Å². The van der Waals surface area contributed by atoms with E-state index in [0.717, 1.165) is 5.39 Å². The number of hydrogen-bond acceptors (Lipinski definition) is 4. The highest BCUT2D eigenvalue weighted by Crippen LogP contribution is 2.28. The lowest BCUT2D eigenvalue weighted by Gasteiger charge is -2.08. The van der Waals surface area contributed by atoms with E-state index in [9.17, 15) is 4.79 Å². The lowest BCUT2D eigenvalue weighted by molar-refractivity contribution is 0.101. The molecule has 0 radical (unpaired) electrons. The largest absolute Gasteiger partial charge is 0.497 e. The van der Waals surface area contributed by atoms with Crippen LogP contribution in [0.4, 0.5) is 0 Å². The fourth-order valence-corrected chi connectivity index (χ4v) is 1.97. The van der Waals surface area contributed by atoms with Gasteiger partial charge in [0.1, 0.15) is 17.2 Å². The zero-order chi connectivity index (χ0) is 13.1. The average molecular weight is 310 g/mol. The molecule has 0 aliphatic heterocycles. The molecule has 0 N–H and O–H groups in total. The Balaban J connectivity index is 2.67. The predicted octanol–water partition coefficient (Wildman–Crippen LogP) is 2.83. The molecule has 0 unspecified atom stereocenters. The molecule has 2 rings (SSSR count). The van der Waals surface area contributed by atoms with Gasteiger partial charge < -0.3 is 9.47 Å². The summed E-state index contributed by atoms with van der Waals surface area (Å²) in [6, 6.07) is 7.13. The summed E-state index contributed by atoms with van der Waals surface area (Å²) in [6.07, 6.45) is 0. The number of ketones is 1. The Morgan fingerprint density at radius 2 is 2.06 bits per heavy atom. The minimum Gasteiger partial charge on any atom is -0.497 e. The fourth-order valence-electron chi connectivity index (χ4n) is 1.68. The number of alkyl halides is 1. The molecule has 4 nitrogen and oxygen atoms in total. The van der Waals surface area contributed by atoms with Crippen molar-refractivity contribution < 1.29 is 14.3 Å². The van der Waals surface area contributed by atoms with Crippen molar-refractivity contribution in [3.05, 3.63) is 30.0 Å². The number of carbonyl (C=O) groups is 1. The second-order valence-electron chi connectivity index (χ2n) is 3.65. The van der Waals surface area contributed by atoms with Crippen LogP contribution in [-0.4, -0.2) is 30.3 Å². The Kier molecular flexibility index (Phi) is 3.81. The van der Waals surface area contributed by atoms with Crippen LogP contribution in [0.15, 0.2) is 24.3 Å². The summed E-state index contributed by atoms with van der Waals surface area (Å²) in [7, 11) is 3.16. The summed E-state index contributed by atoms with van der Waals surface area (Å²) in [5.74, 6) is 1.24. The van der Waals surface area contributed by atoms with Crippen LogP contribution in [0.25, 0.3) is 10.9 Å². The molecule has 0 saturated heterocycles. The SMILES string of the molecule is COc1ccc2c(OC)cc(C(=O)CBr)nc2c1. The second-order valence-corrected chi connectivity index (χ2v) is 4.21. The van der Waals surface area contributed by atoms with E-state index in [-0.39, 0.29) is 11.1 Å². The molecule has 18 heavy (non-hydrogen) atoms. The smallest absolute Gasteiger partial charge is 0.191 e. The Hall–Kier alpha value is -1.62. The van der Waals surface area contributed by atoms with Gasteiger partial charge in [-0.15, -0.1) is 0 Å². The summed E-state index contributed by atoms with van der Waals surface area (Å²) >= 11 is 3.14. The summed E-state index contributed by atoms with van der Waals surface area (Å²) in [5.41, 5.74) is 1.06. The fraction of sp³-hybridized carbons (Fsp3) is 0.231. The number of benzene rings is 1. The van der Waals surface area contributed by atoms with E-state index < -0.39 is 0 Å². The predicted molar refractivity (Wildman–Crippen MR) is 73.0 cm³/mol. The number of hydrogen-bond donors (Lipinski definition) is 0. The van der Waals surface area contributed by atoms with Crippen LogP contribution in [0, 0.1) is 0 Å². The van der Waals surface area contributed by atoms with Crippen LogP contribution >= 0.6 is 15.9 Å². The first-order valence-corrected chi connectivity index (χ1v) is 6.43. The van der Waals surface area contributed by atoms with Crippen molar-refractivity contribution in [1.82, 2.24) is 4.98 Å². The highest BCUT2D eigenvalue weighted by molar-refractivity contribution is 9.09. The first kappa shape index (κ1) is 12.8. The quantitative estimate of drug-likeness (QED) is 0.643. The molecular formula is C13H12BrNO3. The van der Waals surface area contributed by atoms with Gasteiger partial charge in [-0.25, -0.2) is 4.98 Å². The minimum atomic E-state index is -0.0852. The van der Waals surface area contributed by atoms with Gasteiger partial charge in [-0.1, -0.05) is 15.9 Å². The van der Waals surface area contributed by atoms with Crippen LogP contribution < -0.4 is 9.47 Å². The van der Waals surface area contributed by atoms with Gasteiger partial charge >= 0.3 is 0 Å². The number of rotatable bonds is 4. The minimum absolute atomic E-state index is 0.0852. The summed E-state index contributed by atoms with van der Waals surface area (Å²) in [6.45, 7) is 0. The van der Waals surface area contributed by atoms with Gasteiger partial charge in [-0.05, 0) is 12.1 Å². The Morgan fingerprint density at radius 1 is 1.28 bits per heavy atom. The topological polar surface area (TPSA) is 48.4 Å². The van der Waals surface area contributed by atoms with E-state index in [4.69, 9.17) is 9.47 Å². The third-order valence-electron chi connectivity index (χ3n) is 2.61. The van der Waals surface area contributed by atoms with E-state index >= 15 is 0 Å². The Morgan fingerprint density at radius 3 is 2.67 bits per heavy atom. The Bertz CT molecular complexity index is 598. The molecule has 1 aromatic carbocycles. The molecule has 94 valence electrons. The molecule has 0 aliphatic rings. The molecule has 0 spiro atoms. The zero-order valence-corrected chi connectivity index (χ0v) is 11.7. The summed E-state index contributed by atoms with van der Waals surface area (Å²) in [4.78, 5) is 16.0. The third-order valence-corrected chi connectivity index (χ3v) is 3.12. The van der Waals surface area contributed by atoms with Crippen LogP contribution in [0.5, 0.6) is 11.5 Å². The van der Waals surface area contributed by atoms with Gasteiger partial charge in [0.2, 0.25) is 0 Å². The number of Topliss-reactive ketones (excluding diaryl/α,β-unsaturated/α-hetero) is 1. The van der Waals surface area contributed by atoms with Gasteiger partial charge in [0.05, 0.1) is 25.1 Å². The van der Waals surface area contributed by atoms with Gasteiger partial charge in [0, 0.05) is 17.5 Å². The van der Waals surface area contributed by atoms with Crippen molar-refractivity contribution >= 4 is 32.6 Å². The van der Waals surface area contributed by atoms with Crippen molar-refractivity contribution in [3.8, 4) is 11.5 Å². The number of ether oxygens (including phenoxy) is 2. The summed E-state index contributed by atoms with van der Waals surface area (Å²) in [5, 5.41) is 1.09. The van der Waals surface area contributed by atoms with E-state index in [2.05, 4.69) is 20.9 Å². The number of aromatic nitrogens is 1. The number of pyridine rings is 1. The standard InChI is InChI=1S/C13H12BrNO3/c1-17-8-3-4-9-10(5-8)15-11(12(16)7-14)6-13(9)18-2/h3-6H,7H2,1-2H3. The molecule has 5 heteroatoms. The van der Waals surface area contributed by atoms with Gasteiger partial charge in [-0.2, -0.15) is 0 Å². The van der Waals surface area contributed by atoms with Crippen LogP contribution in [0.1, 0.15) is 10.5 Å². The molecule has 0 amide bonds. The maximum atomic E-state index is 11.7. The number of fused-ring (bicyclic) bond motifs is 1.